The first-order chi connectivity index (χ1) is 12.2. The van der Waals surface area contributed by atoms with Crippen LogP contribution in [0.3, 0.4) is 0 Å². The van der Waals surface area contributed by atoms with Crippen LogP contribution in [-0.4, -0.2) is 57.9 Å². The highest BCUT2D eigenvalue weighted by Gasteiger charge is 2.06. The number of aliphatic imine (C=N–C) groups is 1. The molecule has 0 aliphatic carbocycles. The number of hydrogen-bond acceptors (Lipinski definition) is 3. The first kappa shape index (κ1) is 25.1. The molecule has 0 saturated heterocycles. The van der Waals surface area contributed by atoms with Crippen LogP contribution < -0.4 is 5.32 Å². The largest absolute Gasteiger partial charge is 0.382 e. The summed E-state index contributed by atoms with van der Waals surface area (Å²) >= 11 is 0. The molecule has 0 bridgehead atoms. The summed E-state index contributed by atoms with van der Waals surface area (Å²) in [6.45, 7) is 8.93. The van der Waals surface area contributed by atoms with E-state index in [9.17, 15) is 0 Å². The number of nitrogens with one attached hydrogen (secondary N) is 1. The van der Waals surface area contributed by atoms with E-state index >= 15 is 0 Å². The molecule has 6 heteroatoms. The van der Waals surface area contributed by atoms with Gasteiger partial charge in [-0.3, -0.25) is 4.99 Å². The van der Waals surface area contributed by atoms with Crippen molar-refractivity contribution in [3.63, 3.8) is 0 Å². The zero-order chi connectivity index (χ0) is 18.3. The summed E-state index contributed by atoms with van der Waals surface area (Å²) in [7, 11) is 3.78. The zero-order valence-corrected chi connectivity index (χ0v) is 19.1. The van der Waals surface area contributed by atoms with Gasteiger partial charge < -0.3 is 19.7 Å². The number of aryl methyl sites for hydroxylation is 1. The molecule has 0 aliphatic heterocycles. The van der Waals surface area contributed by atoms with Gasteiger partial charge in [-0.1, -0.05) is 31.2 Å². The van der Waals surface area contributed by atoms with Crippen LogP contribution in [-0.2, 0) is 22.4 Å². The molecule has 0 saturated carbocycles. The van der Waals surface area contributed by atoms with Crippen molar-refractivity contribution >= 4 is 29.9 Å². The van der Waals surface area contributed by atoms with Crippen LogP contribution in [0, 0.1) is 0 Å². The fraction of sp³-hybridized carbons (Fsp3) is 0.650. The number of rotatable bonds is 12. The molecule has 0 heterocycles. The summed E-state index contributed by atoms with van der Waals surface area (Å²) in [6, 6.07) is 8.82. The second kappa shape index (κ2) is 16.3. The van der Waals surface area contributed by atoms with Crippen molar-refractivity contribution in [2.75, 3.05) is 47.1 Å². The Kier molecular flexibility index (Phi) is 15.8. The van der Waals surface area contributed by atoms with Gasteiger partial charge in [-0.2, -0.15) is 0 Å². The van der Waals surface area contributed by atoms with Gasteiger partial charge in [0.05, 0.1) is 13.2 Å². The molecular formula is C20H36IN3O2. The number of methoxy groups -OCH3 is 1. The van der Waals surface area contributed by atoms with Crippen molar-refractivity contribution in [3.8, 4) is 0 Å². The average Bonchev–Trinajstić information content (AvgIpc) is 2.63. The van der Waals surface area contributed by atoms with Crippen LogP contribution in [0.2, 0.25) is 0 Å². The second-order valence-corrected chi connectivity index (χ2v) is 6.07. The van der Waals surface area contributed by atoms with E-state index in [-0.39, 0.29) is 24.0 Å². The van der Waals surface area contributed by atoms with Crippen LogP contribution >= 0.6 is 24.0 Å². The maximum absolute atomic E-state index is 5.47. The molecule has 0 spiro atoms. The topological polar surface area (TPSA) is 46.1 Å². The number of ether oxygens (including phenoxy) is 2. The minimum atomic E-state index is 0. The number of nitrogens with zero attached hydrogens (tertiary/aromatic N) is 2. The summed E-state index contributed by atoms with van der Waals surface area (Å²) in [5, 5.41) is 3.37. The molecule has 0 aliphatic rings. The lowest BCUT2D eigenvalue weighted by Crippen LogP contribution is -2.38. The number of benzene rings is 1. The average molecular weight is 477 g/mol. The van der Waals surface area contributed by atoms with Crippen LogP contribution in [0.15, 0.2) is 29.3 Å². The standard InChI is InChI=1S/C20H35N3O2.HI/c1-5-18-9-11-19(12-10-18)17-23(3)20(21-6-2)22-13-7-8-14-25-16-15-24-4;/h9-12H,5-8,13-17H2,1-4H3,(H,21,22);1H. The lowest BCUT2D eigenvalue weighted by molar-refractivity contribution is 0.0690. The van der Waals surface area contributed by atoms with Crippen LogP contribution in [0.1, 0.15) is 37.8 Å². The molecule has 1 N–H and O–H groups in total. The molecule has 0 unspecified atom stereocenters. The molecule has 26 heavy (non-hydrogen) atoms. The number of hydrogen-bond donors (Lipinski definition) is 1. The van der Waals surface area contributed by atoms with Gasteiger partial charge in [-0.25, -0.2) is 0 Å². The summed E-state index contributed by atoms with van der Waals surface area (Å²) < 4.78 is 10.4. The van der Waals surface area contributed by atoms with E-state index in [1.807, 2.05) is 0 Å². The Bertz CT molecular complexity index is 480. The van der Waals surface area contributed by atoms with Crippen molar-refractivity contribution in [2.24, 2.45) is 4.99 Å². The molecule has 0 amide bonds. The van der Waals surface area contributed by atoms with Crippen LogP contribution in [0.25, 0.3) is 0 Å². The quantitative estimate of drug-likeness (QED) is 0.216. The van der Waals surface area contributed by atoms with Crippen molar-refractivity contribution in [2.45, 2.75) is 39.7 Å². The summed E-state index contributed by atoms with van der Waals surface area (Å²) in [6.07, 6.45) is 3.13. The minimum Gasteiger partial charge on any atom is -0.382 e. The lowest BCUT2D eigenvalue weighted by atomic mass is 10.1. The van der Waals surface area contributed by atoms with Crippen molar-refractivity contribution in [1.82, 2.24) is 10.2 Å². The summed E-state index contributed by atoms with van der Waals surface area (Å²) in [4.78, 5) is 6.91. The van der Waals surface area contributed by atoms with Gasteiger partial charge >= 0.3 is 0 Å². The zero-order valence-electron chi connectivity index (χ0n) is 16.8. The molecule has 0 fully saturated rings. The SMILES string of the molecule is CCNC(=NCCCCOCCOC)N(C)Cc1ccc(CC)cc1.I. The second-order valence-electron chi connectivity index (χ2n) is 6.07. The van der Waals surface area contributed by atoms with Crippen LogP contribution in [0.4, 0.5) is 0 Å². The van der Waals surface area contributed by atoms with Crippen LogP contribution in [0.5, 0.6) is 0 Å². The van der Waals surface area contributed by atoms with E-state index in [0.717, 1.165) is 51.5 Å². The third-order valence-electron chi connectivity index (χ3n) is 3.94. The predicted octanol–water partition coefficient (Wildman–Crippen LogP) is 3.71. The van der Waals surface area contributed by atoms with E-state index < -0.39 is 0 Å². The molecule has 5 nitrogen and oxygen atoms in total. The molecule has 150 valence electrons. The molecule has 1 aromatic carbocycles. The van der Waals surface area contributed by atoms with E-state index in [2.05, 4.69) is 55.4 Å². The summed E-state index contributed by atoms with van der Waals surface area (Å²) in [5.41, 5.74) is 2.68. The third kappa shape index (κ3) is 11.0. The molecular weight excluding hydrogens is 441 g/mol. The van der Waals surface area contributed by atoms with Crippen molar-refractivity contribution in [3.05, 3.63) is 35.4 Å². The minimum absolute atomic E-state index is 0. The van der Waals surface area contributed by atoms with Crippen molar-refractivity contribution < 1.29 is 9.47 Å². The van der Waals surface area contributed by atoms with Gasteiger partial charge in [-0.05, 0) is 37.3 Å². The first-order valence-electron chi connectivity index (χ1n) is 9.35. The van der Waals surface area contributed by atoms with E-state index in [1.54, 1.807) is 7.11 Å². The number of unbranched alkanes of at least 4 members (excludes halogenated alkanes) is 1. The van der Waals surface area contributed by atoms with Gasteiger partial charge in [0.15, 0.2) is 5.96 Å². The summed E-state index contributed by atoms with van der Waals surface area (Å²) in [5.74, 6) is 0.961. The Balaban J connectivity index is 0.00000625. The maximum atomic E-state index is 5.47. The third-order valence-corrected chi connectivity index (χ3v) is 3.94. The first-order valence-corrected chi connectivity index (χ1v) is 9.35. The predicted molar refractivity (Wildman–Crippen MR) is 121 cm³/mol. The van der Waals surface area contributed by atoms with Gasteiger partial charge in [-0.15, -0.1) is 24.0 Å². The Morgan fingerprint density at radius 1 is 1.04 bits per heavy atom. The van der Waals surface area contributed by atoms with E-state index in [1.165, 1.54) is 11.1 Å². The number of guanidine groups is 1. The smallest absolute Gasteiger partial charge is 0.193 e. The molecule has 0 atom stereocenters. The Hall–Kier alpha value is -0.860. The highest BCUT2D eigenvalue weighted by Crippen LogP contribution is 2.07. The highest BCUT2D eigenvalue weighted by molar-refractivity contribution is 14.0. The number of halogens is 1. The van der Waals surface area contributed by atoms with E-state index in [0.29, 0.717) is 13.2 Å². The molecule has 0 aromatic heterocycles. The lowest BCUT2D eigenvalue weighted by Gasteiger charge is -2.22. The molecule has 1 rings (SSSR count). The monoisotopic (exact) mass is 477 g/mol. The molecule has 1 aromatic rings. The Morgan fingerprint density at radius 2 is 1.73 bits per heavy atom. The van der Waals surface area contributed by atoms with Gasteiger partial charge in [0.2, 0.25) is 0 Å². The van der Waals surface area contributed by atoms with Gasteiger partial charge in [0, 0.05) is 40.4 Å². The maximum Gasteiger partial charge on any atom is 0.193 e. The van der Waals surface area contributed by atoms with Gasteiger partial charge in [0.1, 0.15) is 0 Å². The Morgan fingerprint density at radius 3 is 2.35 bits per heavy atom. The normalized spacial score (nSPS) is 11.2. The fourth-order valence-corrected chi connectivity index (χ4v) is 2.44. The van der Waals surface area contributed by atoms with E-state index in [4.69, 9.17) is 14.5 Å². The molecule has 0 radical (unpaired) electrons. The van der Waals surface area contributed by atoms with Gasteiger partial charge in [0.25, 0.3) is 0 Å². The fourth-order valence-electron chi connectivity index (χ4n) is 2.44. The van der Waals surface area contributed by atoms with Crippen molar-refractivity contribution in [1.29, 1.82) is 0 Å². The Labute approximate surface area is 176 Å². The highest BCUT2D eigenvalue weighted by atomic mass is 127.